The number of aryl methyl sites for hydroxylation is 1. The lowest BCUT2D eigenvalue weighted by Gasteiger charge is -2.30. The van der Waals surface area contributed by atoms with Crippen LogP contribution in [0.1, 0.15) is 121 Å². The van der Waals surface area contributed by atoms with Crippen molar-refractivity contribution in [1.82, 2.24) is 0 Å². The molecule has 4 saturated heterocycles. The first-order valence-electron chi connectivity index (χ1n) is 20.8. The first kappa shape index (κ1) is 43.1. The summed E-state index contributed by atoms with van der Waals surface area (Å²) in [7, 11) is 0. The molecule has 0 bridgehead atoms. The third kappa shape index (κ3) is 14.4. The predicted octanol–water partition coefficient (Wildman–Crippen LogP) is 10.4. The van der Waals surface area contributed by atoms with E-state index in [2.05, 4.69) is 62.2 Å². The van der Waals surface area contributed by atoms with Gasteiger partial charge in [0.1, 0.15) is 6.61 Å². The van der Waals surface area contributed by atoms with Gasteiger partial charge in [-0.3, -0.25) is 4.79 Å². The molecule has 4 aliphatic heterocycles. The Hall–Kier alpha value is -0.510. The van der Waals surface area contributed by atoms with E-state index in [1.165, 1.54) is 5.56 Å². The number of carbonyl (C=O) groups is 1. The summed E-state index contributed by atoms with van der Waals surface area (Å²) in [4.78, 5) is 12.5. The summed E-state index contributed by atoms with van der Waals surface area (Å²) < 4.78 is 52.2. The number of ether oxygens (including phenoxy) is 8. The predicted molar refractivity (Wildman–Crippen MR) is 216 cm³/mol. The second-order valence-electron chi connectivity index (χ2n) is 15.4. The zero-order valence-electron chi connectivity index (χ0n) is 31.9. The van der Waals surface area contributed by atoms with Gasteiger partial charge in [-0.2, -0.15) is 0 Å². The first-order valence-corrected chi connectivity index (χ1v) is 23.2. The smallest absolute Gasteiger partial charge is 0.158 e. The van der Waals surface area contributed by atoms with Gasteiger partial charge in [0.2, 0.25) is 0 Å². The van der Waals surface area contributed by atoms with E-state index in [1.807, 2.05) is 0 Å². The normalized spacial score (nSPS) is 31.7. The van der Waals surface area contributed by atoms with Crippen molar-refractivity contribution in [2.75, 3.05) is 33.0 Å². The highest BCUT2D eigenvalue weighted by atomic mass is 79.9. The molecule has 1 aromatic heterocycles. The second-order valence-corrected chi connectivity index (χ2v) is 19.2. The van der Waals surface area contributed by atoms with Crippen LogP contribution in [0.4, 0.5) is 0 Å². The van der Waals surface area contributed by atoms with E-state index in [9.17, 15) is 4.79 Å². The summed E-state index contributed by atoms with van der Waals surface area (Å²) in [5.74, 6) is 0.435. The SMILES string of the molecule is O=C(CCCC=CC[C@@H]1[C@@H](C=CC(CCc2cc(Br)sc2Br)O[C@H]2CCCCO2)[C@H](OC2CCCCO2)C[C@@H]1OC1CCCCO1)COC1CCCCO1. The van der Waals surface area contributed by atoms with Crippen LogP contribution in [-0.2, 0) is 49.1 Å². The van der Waals surface area contributed by atoms with E-state index in [0.717, 1.165) is 150 Å². The van der Waals surface area contributed by atoms with Crippen LogP contribution in [0.2, 0.25) is 0 Å². The number of thiophene rings is 1. The number of ketones is 1. The summed E-state index contributed by atoms with van der Waals surface area (Å²) >= 11 is 9.11. The van der Waals surface area contributed by atoms with Crippen molar-refractivity contribution in [3.05, 3.63) is 43.5 Å². The van der Waals surface area contributed by atoms with Gasteiger partial charge in [0.15, 0.2) is 30.9 Å². The molecule has 12 heteroatoms. The molecule has 4 unspecified atom stereocenters. The van der Waals surface area contributed by atoms with Crippen molar-refractivity contribution in [3.8, 4) is 0 Å². The molecular formula is C42H62Br2O9S. The number of rotatable bonds is 20. The van der Waals surface area contributed by atoms with Gasteiger partial charge in [-0.15, -0.1) is 11.3 Å². The minimum absolute atomic E-state index is 0.0121. The minimum Gasteiger partial charge on any atom is -0.353 e. The molecule has 1 aliphatic carbocycles. The fourth-order valence-electron chi connectivity index (χ4n) is 8.20. The Bertz CT molecular complexity index is 1280. The van der Waals surface area contributed by atoms with Crippen LogP contribution >= 0.6 is 43.2 Å². The van der Waals surface area contributed by atoms with Crippen molar-refractivity contribution in [2.45, 2.75) is 165 Å². The lowest BCUT2D eigenvalue weighted by molar-refractivity contribution is -0.203. The maximum Gasteiger partial charge on any atom is 0.158 e. The zero-order chi connectivity index (χ0) is 37.4. The van der Waals surface area contributed by atoms with Crippen LogP contribution in [0.3, 0.4) is 0 Å². The summed E-state index contributed by atoms with van der Waals surface area (Å²) in [6, 6.07) is 2.20. The molecule has 0 radical (unpaired) electrons. The van der Waals surface area contributed by atoms with Gasteiger partial charge in [-0.25, -0.2) is 0 Å². The van der Waals surface area contributed by atoms with E-state index in [0.29, 0.717) is 6.42 Å². The highest BCUT2D eigenvalue weighted by molar-refractivity contribution is 9.12. The molecule has 304 valence electrons. The summed E-state index contributed by atoms with van der Waals surface area (Å²) in [5.41, 5.74) is 1.28. The van der Waals surface area contributed by atoms with Gasteiger partial charge in [0.05, 0.1) is 25.9 Å². The number of Topliss-reactive ketones (excluding diaryl/α,β-unsaturated/α-hetero) is 1. The average molecular weight is 903 g/mol. The summed E-state index contributed by atoms with van der Waals surface area (Å²) in [6.07, 6.45) is 26.2. The molecule has 5 aliphatic rings. The Balaban J connectivity index is 1.13. The molecule has 6 rings (SSSR count). The Morgan fingerprint density at radius 2 is 1.44 bits per heavy atom. The van der Waals surface area contributed by atoms with Gasteiger partial charge in [0.25, 0.3) is 0 Å². The van der Waals surface area contributed by atoms with Crippen molar-refractivity contribution in [2.24, 2.45) is 11.8 Å². The average Bonchev–Trinajstić information content (AvgIpc) is 3.70. The molecule has 0 amide bonds. The van der Waals surface area contributed by atoms with Crippen molar-refractivity contribution < 1.29 is 42.7 Å². The molecule has 0 spiro atoms. The minimum atomic E-state index is -0.226. The fourth-order valence-corrected chi connectivity index (χ4v) is 11.1. The van der Waals surface area contributed by atoms with Crippen LogP contribution in [0.5, 0.6) is 0 Å². The molecule has 54 heavy (non-hydrogen) atoms. The van der Waals surface area contributed by atoms with E-state index in [4.69, 9.17) is 37.9 Å². The van der Waals surface area contributed by atoms with Crippen molar-refractivity contribution in [1.29, 1.82) is 0 Å². The first-order chi connectivity index (χ1) is 26.5. The number of carbonyl (C=O) groups excluding carboxylic acids is 1. The van der Waals surface area contributed by atoms with Crippen molar-refractivity contribution in [3.63, 3.8) is 0 Å². The van der Waals surface area contributed by atoms with Gasteiger partial charge in [-0.1, -0.05) is 24.3 Å². The quantitative estimate of drug-likeness (QED) is 0.0937. The number of hydrogen-bond donors (Lipinski definition) is 0. The molecular weight excluding hydrogens is 840 g/mol. The summed E-state index contributed by atoms with van der Waals surface area (Å²) in [6.45, 7) is 3.10. The molecule has 1 saturated carbocycles. The monoisotopic (exact) mass is 900 g/mol. The van der Waals surface area contributed by atoms with Gasteiger partial charge < -0.3 is 37.9 Å². The van der Waals surface area contributed by atoms with Gasteiger partial charge in [-0.05, 0) is 159 Å². The Morgan fingerprint density at radius 3 is 2.06 bits per heavy atom. The molecule has 9 atom stereocenters. The summed E-state index contributed by atoms with van der Waals surface area (Å²) in [5, 5.41) is 0. The van der Waals surface area contributed by atoms with Gasteiger partial charge in [0, 0.05) is 45.2 Å². The van der Waals surface area contributed by atoms with E-state index < -0.39 is 0 Å². The largest absolute Gasteiger partial charge is 0.353 e. The lowest BCUT2D eigenvalue weighted by Crippen LogP contribution is -2.31. The topological polar surface area (TPSA) is 90.9 Å². The number of hydrogen-bond acceptors (Lipinski definition) is 10. The number of halogens is 2. The molecule has 0 N–H and O–H groups in total. The third-order valence-electron chi connectivity index (χ3n) is 11.2. The van der Waals surface area contributed by atoms with Gasteiger partial charge >= 0.3 is 0 Å². The molecule has 0 aromatic carbocycles. The second kappa shape index (κ2) is 23.8. The van der Waals surface area contributed by atoms with Crippen LogP contribution in [0.15, 0.2) is 37.9 Å². The van der Waals surface area contributed by atoms with Crippen molar-refractivity contribution >= 4 is 49.0 Å². The van der Waals surface area contributed by atoms with Crippen LogP contribution in [0, 0.1) is 11.8 Å². The standard InChI is InChI=1S/C42H62Br2O9S/c43-37-27-30(42(44)54-37)19-20-32(51-39-16-6-10-24-47-39)21-22-34-33(14-4-2-1-3-13-31(45)29-50-38-15-5-9-23-46-38)35(52-40-17-7-11-25-48-40)28-36(34)53-41-18-8-12-26-49-41/h2,4,21-22,27,32-36,38-41H,1,3,5-20,23-26,28-29H2/t32?,33-,34-,35+,36-,38?,39+,40?,41?/m1/s1. The number of allylic oxidation sites excluding steroid dienone is 2. The maximum absolute atomic E-state index is 12.5. The highest BCUT2D eigenvalue weighted by Gasteiger charge is 2.45. The molecule has 9 nitrogen and oxygen atoms in total. The Morgan fingerprint density at radius 1 is 0.815 bits per heavy atom. The van der Waals surface area contributed by atoms with E-state index >= 15 is 0 Å². The molecule has 5 fully saturated rings. The molecule has 1 aromatic rings. The van der Waals surface area contributed by atoms with Crippen LogP contribution in [-0.4, -0.2) is 82.3 Å². The van der Waals surface area contributed by atoms with E-state index in [1.54, 1.807) is 11.3 Å². The fraction of sp³-hybridized carbons (Fsp3) is 0.786. The third-order valence-corrected chi connectivity index (χ3v) is 13.7. The molecule has 5 heterocycles. The van der Waals surface area contributed by atoms with Crippen LogP contribution in [0.25, 0.3) is 0 Å². The highest BCUT2D eigenvalue weighted by Crippen LogP contribution is 2.42. The Labute approximate surface area is 343 Å². The van der Waals surface area contributed by atoms with E-state index in [-0.39, 0.29) is 67.7 Å². The zero-order valence-corrected chi connectivity index (χ0v) is 35.9. The lowest BCUT2D eigenvalue weighted by atomic mass is 9.89. The maximum atomic E-state index is 12.5. The Kier molecular flexibility index (Phi) is 19.0. The van der Waals surface area contributed by atoms with Crippen LogP contribution < -0.4 is 0 Å². The number of unbranched alkanes of at least 4 members (excludes halogenated alkanes) is 1.